The lowest BCUT2D eigenvalue weighted by atomic mass is 10.3. The van der Waals surface area contributed by atoms with Crippen LogP contribution in [-0.4, -0.2) is 78.0 Å². The Bertz CT molecular complexity index is 747. The van der Waals surface area contributed by atoms with Gasteiger partial charge in [-0.2, -0.15) is 5.10 Å². The van der Waals surface area contributed by atoms with Gasteiger partial charge in [0.1, 0.15) is 12.4 Å². The number of anilines is 1. The monoisotopic (exact) mass is 380 g/mol. The Morgan fingerprint density at radius 1 is 1.38 bits per heavy atom. The van der Waals surface area contributed by atoms with Crippen molar-refractivity contribution in [3.63, 3.8) is 0 Å². The molecule has 0 radical (unpaired) electrons. The molecule has 0 aromatic carbocycles. The number of carbonyl (C=O) groups excluding carboxylic acids is 1. The van der Waals surface area contributed by atoms with Gasteiger partial charge in [0.2, 0.25) is 5.91 Å². The normalized spacial score (nSPS) is 14.8. The van der Waals surface area contributed by atoms with E-state index in [9.17, 15) is 4.79 Å². The van der Waals surface area contributed by atoms with Crippen molar-refractivity contribution in [2.45, 2.75) is 18.6 Å². The zero-order valence-corrected chi connectivity index (χ0v) is 15.9. The van der Waals surface area contributed by atoms with Gasteiger partial charge < -0.3 is 19.7 Å². The third-order valence-electron chi connectivity index (χ3n) is 4.03. The second kappa shape index (κ2) is 9.15. The van der Waals surface area contributed by atoms with Crippen LogP contribution in [0.2, 0.25) is 0 Å². The van der Waals surface area contributed by atoms with Crippen molar-refractivity contribution in [1.29, 1.82) is 0 Å². The molecule has 0 saturated carbocycles. The van der Waals surface area contributed by atoms with Crippen LogP contribution in [0.15, 0.2) is 11.4 Å². The Hall–Kier alpha value is -1.91. The minimum atomic E-state index is -0.128. The van der Waals surface area contributed by atoms with E-state index in [1.54, 1.807) is 6.20 Å². The van der Waals surface area contributed by atoms with Gasteiger partial charge in [-0.15, -0.1) is 0 Å². The van der Waals surface area contributed by atoms with Gasteiger partial charge >= 0.3 is 0 Å². The van der Waals surface area contributed by atoms with Crippen LogP contribution in [0.1, 0.15) is 6.92 Å². The summed E-state index contributed by atoms with van der Waals surface area (Å²) in [7, 11) is 0. The molecule has 0 unspecified atom stereocenters. The molecule has 10 heteroatoms. The first-order valence-corrected chi connectivity index (χ1v) is 9.90. The number of ether oxygens (including phenoxy) is 2. The molecule has 3 rings (SSSR count). The van der Waals surface area contributed by atoms with Crippen molar-refractivity contribution in [2.75, 3.05) is 57.2 Å². The predicted octanol–water partition coefficient (Wildman–Crippen LogP) is 0.538. The van der Waals surface area contributed by atoms with Gasteiger partial charge in [-0.1, -0.05) is 11.8 Å². The molecule has 26 heavy (non-hydrogen) atoms. The molecule has 3 heterocycles. The first kappa shape index (κ1) is 18.9. The molecule has 1 amide bonds. The first-order chi connectivity index (χ1) is 12.7. The van der Waals surface area contributed by atoms with E-state index in [1.165, 1.54) is 11.8 Å². The summed E-state index contributed by atoms with van der Waals surface area (Å²) in [6.07, 6.45) is 3.76. The molecule has 1 fully saturated rings. The summed E-state index contributed by atoms with van der Waals surface area (Å²) in [6.45, 7) is 6.46. The van der Waals surface area contributed by atoms with Gasteiger partial charge in [0, 0.05) is 26.2 Å². The summed E-state index contributed by atoms with van der Waals surface area (Å²) in [4.78, 5) is 23.1. The number of carbonyl (C=O) groups is 1. The topological polar surface area (TPSA) is 94.4 Å². The van der Waals surface area contributed by atoms with Crippen LogP contribution >= 0.6 is 11.8 Å². The number of amides is 1. The molecule has 0 aliphatic carbocycles. The highest BCUT2D eigenvalue weighted by atomic mass is 32.2. The molecular weight excluding hydrogens is 356 g/mol. The third-order valence-corrected chi connectivity index (χ3v) is 4.58. The maximum Gasteiger partial charge on any atom is 0.246 e. The van der Waals surface area contributed by atoms with Crippen LogP contribution in [0.25, 0.3) is 11.0 Å². The second-order valence-corrected chi connectivity index (χ2v) is 6.50. The van der Waals surface area contributed by atoms with Crippen LogP contribution in [0.4, 0.5) is 5.82 Å². The predicted molar refractivity (Wildman–Crippen MR) is 99.6 cm³/mol. The van der Waals surface area contributed by atoms with Crippen LogP contribution in [-0.2, 0) is 20.8 Å². The smallest absolute Gasteiger partial charge is 0.246 e. The molecule has 1 N–H and O–H groups in total. The number of nitrogens with one attached hydrogen (secondary N) is 1. The maximum absolute atomic E-state index is 11.6. The van der Waals surface area contributed by atoms with Crippen molar-refractivity contribution in [2.24, 2.45) is 0 Å². The van der Waals surface area contributed by atoms with Gasteiger partial charge in [-0.25, -0.2) is 14.6 Å². The Morgan fingerprint density at radius 3 is 2.92 bits per heavy atom. The lowest BCUT2D eigenvalue weighted by Crippen LogP contribution is -2.37. The van der Waals surface area contributed by atoms with Crippen molar-refractivity contribution in [1.82, 2.24) is 25.1 Å². The highest BCUT2D eigenvalue weighted by Gasteiger charge is 2.19. The number of hydrogen-bond acceptors (Lipinski definition) is 8. The van der Waals surface area contributed by atoms with Crippen LogP contribution in [0.3, 0.4) is 0 Å². The number of aromatic nitrogens is 4. The molecule has 0 spiro atoms. The molecule has 1 aliphatic rings. The standard InChI is InChI=1S/C16H24N6O3S/c1-3-24-11-13(23)17-4-5-22-15-12(10-18-22)14(19-16(20-15)26-2)21-6-8-25-9-7-21/h10H,3-9,11H2,1-2H3,(H,17,23). The molecule has 1 aliphatic heterocycles. The number of nitrogens with zero attached hydrogens (tertiary/aromatic N) is 5. The minimum Gasteiger partial charge on any atom is -0.378 e. The van der Waals surface area contributed by atoms with E-state index in [0.29, 0.717) is 38.1 Å². The quantitative estimate of drug-likeness (QED) is 0.524. The van der Waals surface area contributed by atoms with E-state index in [1.807, 2.05) is 17.9 Å². The molecule has 0 atom stereocenters. The summed E-state index contributed by atoms with van der Waals surface area (Å²) in [5, 5.41) is 8.91. The van der Waals surface area contributed by atoms with E-state index < -0.39 is 0 Å². The summed E-state index contributed by atoms with van der Waals surface area (Å²) < 4.78 is 12.3. The lowest BCUT2D eigenvalue weighted by molar-refractivity contribution is -0.125. The Kier molecular flexibility index (Phi) is 6.64. The van der Waals surface area contributed by atoms with Gasteiger partial charge in [-0.05, 0) is 13.2 Å². The minimum absolute atomic E-state index is 0.0797. The number of rotatable bonds is 8. The summed E-state index contributed by atoms with van der Waals surface area (Å²) in [6, 6.07) is 0. The molecule has 2 aromatic heterocycles. The lowest BCUT2D eigenvalue weighted by Gasteiger charge is -2.28. The second-order valence-electron chi connectivity index (χ2n) is 5.73. The SMILES string of the molecule is CCOCC(=O)NCCn1ncc2c(N3CCOCC3)nc(SC)nc21. The van der Waals surface area contributed by atoms with Crippen LogP contribution < -0.4 is 10.2 Å². The van der Waals surface area contributed by atoms with Crippen LogP contribution in [0.5, 0.6) is 0 Å². The highest BCUT2D eigenvalue weighted by molar-refractivity contribution is 7.98. The summed E-state index contributed by atoms with van der Waals surface area (Å²) in [5.41, 5.74) is 0.782. The number of thioether (sulfide) groups is 1. The molecular formula is C16H24N6O3S. The van der Waals surface area contributed by atoms with Gasteiger partial charge in [-0.3, -0.25) is 4.79 Å². The van der Waals surface area contributed by atoms with Gasteiger partial charge in [0.25, 0.3) is 0 Å². The molecule has 2 aromatic rings. The fraction of sp³-hybridized carbons (Fsp3) is 0.625. The largest absolute Gasteiger partial charge is 0.378 e. The number of morpholine rings is 1. The molecule has 142 valence electrons. The van der Waals surface area contributed by atoms with Crippen molar-refractivity contribution in [3.8, 4) is 0 Å². The van der Waals surface area contributed by atoms with Crippen molar-refractivity contribution >= 4 is 34.5 Å². The third kappa shape index (κ3) is 4.43. The Balaban J connectivity index is 1.76. The fourth-order valence-corrected chi connectivity index (χ4v) is 3.09. The van der Waals surface area contributed by atoms with Crippen LogP contribution in [0, 0.1) is 0 Å². The van der Waals surface area contributed by atoms with Crippen molar-refractivity contribution in [3.05, 3.63) is 6.20 Å². The summed E-state index contributed by atoms with van der Waals surface area (Å²) in [5.74, 6) is 0.769. The van der Waals surface area contributed by atoms with E-state index in [0.717, 1.165) is 29.9 Å². The number of hydrogen-bond donors (Lipinski definition) is 1. The van der Waals surface area contributed by atoms with Gasteiger partial charge in [0.15, 0.2) is 10.8 Å². The van der Waals surface area contributed by atoms with E-state index in [-0.39, 0.29) is 12.5 Å². The van der Waals surface area contributed by atoms with Gasteiger partial charge in [0.05, 0.1) is 31.3 Å². The molecule has 1 saturated heterocycles. The average Bonchev–Trinajstić information content (AvgIpc) is 3.09. The Labute approximate surface area is 156 Å². The van der Waals surface area contributed by atoms with Crippen molar-refractivity contribution < 1.29 is 14.3 Å². The fourth-order valence-electron chi connectivity index (χ4n) is 2.74. The average molecular weight is 380 g/mol. The zero-order valence-electron chi connectivity index (χ0n) is 15.1. The maximum atomic E-state index is 11.6. The Morgan fingerprint density at radius 2 is 2.19 bits per heavy atom. The first-order valence-electron chi connectivity index (χ1n) is 8.67. The highest BCUT2D eigenvalue weighted by Crippen LogP contribution is 2.26. The van der Waals surface area contributed by atoms with E-state index >= 15 is 0 Å². The van der Waals surface area contributed by atoms with E-state index in [4.69, 9.17) is 9.47 Å². The zero-order chi connectivity index (χ0) is 18.4. The van der Waals surface area contributed by atoms with E-state index in [2.05, 4.69) is 25.3 Å². The summed E-state index contributed by atoms with van der Waals surface area (Å²) >= 11 is 1.50. The molecule has 9 nitrogen and oxygen atoms in total. The number of fused-ring (bicyclic) bond motifs is 1. The molecule has 0 bridgehead atoms.